The van der Waals surface area contributed by atoms with Gasteiger partial charge in [-0.1, -0.05) is 41.9 Å². The van der Waals surface area contributed by atoms with Crippen LogP contribution in [-0.2, 0) is 6.42 Å². The first-order valence-corrected chi connectivity index (χ1v) is 7.47. The molecule has 0 fully saturated rings. The van der Waals surface area contributed by atoms with Gasteiger partial charge >= 0.3 is 0 Å². The summed E-state index contributed by atoms with van der Waals surface area (Å²) in [6.07, 6.45) is 0.742. The van der Waals surface area contributed by atoms with Gasteiger partial charge in [-0.3, -0.25) is 0 Å². The van der Waals surface area contributed by atoms with Crippen LogP contribution in [0.1, 0.15) is 28.2 Å². The average Bonchev–Trinajstić information content (AvgIpc) is 2.74. The topological polar surface area (TPSA) is 52.5 Å². The standard InChI is InChI=1S/C17H18ClNO2.ClH/c1-10-14-12(15(18)17(21)16(10)20)7-8-19-9-13(14)11-5-3-2-4-6-11;/h2-6,13,19-21H,7-9H2,1H3;1H. The van der Waals surface area contributed by atoms with E-state index in [-0.39, 0.29) is 34.8 Å². The second-order valence-corrected chi connectivity index (χ2v) is 5.82. The van der Waals surface area contributed by atoms with Crippen molar-refractivity contribution >= 4 is 24.0 Å². The van der Waals surface area contributed by atoms with E-state index in [9.17, 15) is 10.2 Å². The van der Waals surface area contributed by atoms with Crippen molar-refractivity contribution in [2.75, 3.05) is 13.1 Å². The fraction of sp³-hybridized carbons (Fsp3) is 0.294. The van der Waals surface area contributed by atoms with Crippen LogP contribution in [0.15, 0.2) is 30.3 Å². The van der Waals surface area contributed by atoms with E-state index in [1.54, 1.807) is 0 Å². The molecule has 1 atom stereocenters. The number of benzene rings is 2. The summed E-state index contributed by atoms with van der Waals surface area (Å²) in [5, 5.41) is 23.8. The number of nitrogens with one attached hydrogen (secondary N) is 1. The second-order valence-electron chi connectivity index (χ2n) is 5.45. The van der Waals surface area contributed by atoms with Crippen molar-refractivity contribution in [2.45, 2.75) is 19.3 Å². The van der Waals surface area contributed by atoms with E-state index in [0.29, 0.717) is 5.56 Å². The van der Waals surface area contributed by atoms with Gasteiger partial charge < -0.3 is 15.5 Å². The summed E-state index contributed by atoms with van der Waals surface area (Å²) in [4.78, 5) is 0. The number of rotatable bonds is 1. The number of aromatic hydroxyl groups is 2. The van der Waals surface area contributed by atoms with Crippen LogP contribution in [0, 0.1) is 6.92 Å². The lowest BCUT2D eigenvalue weighted by atomic mass is 9.84. The largest absolute Gasteiger partial charge is 0.504 e. The summed E-state index contributed by atoms with van der Waals surface area (Å²) >= 11 is 6.28. The van der Waals surface area contributed by atoms with E-state index < -0.39 is 0 Å². The molecule has 2 aromatic rings. The van der Waals surface area contributed by atoms with Crippen molar-refractivity contribution in [3.63, 3.8) is 0 Å². The third-order valence-electron chi connectivity index (χ3n) is 4.23. The van der Waals surface area contributed by atoms with Crippen molar-refractivity contribution < 1.29 is 10.2 Å². The molecule has 3 N–H and O–H groups in total. The molecule has 0 saturated carbocycles. The van der Waals surface area contributed by atoms with E-state index in [0.717, 1.165) is 30.6 Å². The van der Waals surface area contributed by atoms with Crippen LogP contribution < -0.4 is 5.32 Å². The molecular formula is C17H19Cl2NO2. The molecule has 2 aromatic carbocycles. The molecule has 22 heavy (non-hydrogen) atoms. The van der Waals surface area contributed by atoms with Crippen LogP contribution in [0.4, 0.5) is 0 Å². The number of hydrogen-bond acceptors (Lipinski definition) is 3. The van der Waals surface area contributed by atoms with Crippen LogP contribution in [-0.4, -0.2) is 23.3 Å². The van der Waals surface area contributed by atoms with E-state index >= 15 is 0 Å². The van der Waals surface area contributed by atoms with E-state index in [4.69, 9.17) is 11.6 Å². The average molecular weight is 340 g/mol. The van der Waals surface area contributed by atoms with Crippen molar-refractivity contribution in [1.29, 1.82) is 0 Å². The monoisotopic (exact) mass is 339 g/mol. The van der Waals surface area contributed by atoms with Gasteiger partial charge in [-0.05, 0) is 42.1 Å². The summed E-state index contributed by atoms with van der Waals surface area (Å²) in [6.45, 7) is 3.43. The molecule has 5 heteroatoms. The van der Waals surface area contributed by atoms with Gasteiger partial charge in [-0.15, -0.1) is 12.4 Å². The lowest BCUT2D eigenvalue weighted by molar-refractivity contribution is 0.399. The zero-order valence-corrected chi connectivity index (χ0v) is 13.8. The Morgan fingerprint density at radius 2 is 1.82 bits per heavy atom. The summed E-state index contributed by atoms with van der Waals surface area (Å²) < 4.78 is 0. The molecule has 0 spiro atoms. The molecule has 0 saturated heterocycles. The lowest BCUT2D eigenvalue weighted by Crippen LogP contribution is -2.21. The van der Waals surface area contributed by atoms with Gasteiger partial charge in [0.15, 0.2) is 11.5 Å². The van der Waals surface area contributed by atoms with Gasteiger partial charge in [0.2, 0.25) is 0 Å². The first-order chi connectivity index (χ1) is 10.1. The maximum atomic E-state index is 10.1. The zero-order chi connectivity index (χ0) is 15.0. The maximum absolute atomic E-state index is 10.1. The zero-order valence-electron chi connectivity index (χ0n) is 12.3. The maximum Gasteiger partial charge on any atom is 0.177 e. The van der Waals surface area contributed by atoms with E-state index in [1.165, 1.54) is 5.56 Å². The van der Waals surface area contributed by atoms with Crippen molar-refractivity contribution in [3.05, 3.63) is 57.6 Å². The summed E-state index contributed by atoms with van der Waals surface area (Å²) in [5.41, 5.74) is 3.86. The normalized spacial score (nSPS) is 17.3. The molecule has 1 unspecified atom stereocenters. The smallest absolute Gasteiger partial charge is 0.177 e. The Bertz CT molecular complexity index is 674. The molecule has 1 heterocycles. The number of phenolic OH excluding ortho intramolecular Hbond substituents is 2. The van der Waals surface area contributed by atoms with Gasteiger partial charge in [0.25, 0.3) is 0 Å². The molecule has 0 bridgehead atoms. The minimum atomic E-state index is -0.207. The first kappa shape index (κ1) is 16.9. The molecule has 0 aliphatic carbocycles. The van der Waals surface area contributed by atoms with Crippen LogP contribution in [0.2, 0.25) is 5.02 Å². The molecule has 1 aliphatic heterocycles. The molecule has 118 valence electrons. The van der Waals surface area contributed by atoms with Crippen molar-refractivity contribution in [1.82, 2.24) is 5.32 Å². The molecule has 3 rings (SSSR count). The number of phenols is 2. The highest BCUT2D eigenvalue weighted by Gasteiger charge is 2.28. The predicted molar refractivity (Wildman–Crippen MR) is 91.6 cm³/mol. The lowest BCUT2D eigenvalue weighted by Gasteiger charge is -2.22. The Hall–Kier alpha value is -1.42. The molecule has 0 radical (unpaired) electrons. The summed E-state index contributed by atoms with van der Waals surface area (Å²) in [6, 6.07) is 10.2. The van der Waals surface area contributed by atoms with Crippen LogP contribution in [0.25, 0.3) is 0 Å². The Labute approximate surface area is 141 Å². The number of fused-ring (bicyclic) bond motifs is 1. The van der Waals surface area contributed by atoms with E-state index in [1.807, 2.05) is 25.1 Å². The van der Waals surface area contributed by atoms with E-state index in [2.05, 4.69) is 17.4 Å². The molecule has 3 nitrogen and oxygen atoms in total. The minimum Gasteiger partial charge on any atom is -0.504 e. The molecule has 1 aliphatic rings. The minimum absolute atomic E-state index is 0. The van der Waals surface area contributed by atoms with Crippen molar-refractivity contribution in [3.8, 4) is 11.5 Å². The predicted octanol–water partition coefficient (Wildman–Crippen LogP) is 3.76. The first-order valence-electron chi connectivity index (χ1n) is 7.09. The Morgan fingerprint density at radius 3 is 2.50 bits per heavy atom. The Kier molecular flexibility index (Phi) is 5.22. The molecular weight excluding hydrogens is 321 g/mol. The highest BCUT2D eigenvalue weighted by atomic mass is 35.5. The highest BCUT2D eigenvalue weighted by molar-refractivity contribution is 6.33. The van der Waals surface area contributed by atoms with Gasteiger partial charge in [0, 0.05) is 12.5 Å². The van der Waals surface area contributed by atoms with Gasteiger partial charge in [0.05, 0.1) is 5.02 Å². The highest BCUT2D eigenvalue weighted by Crippen LogP contribution is 2.45. The number of hydrogen-bond donors (Lipinski definition) is 3. The molecule has 0 amide bonds. The van der Waals surface area contributed by atoms with Crippen LogP contribution >= 0.6 is 24.0 Å². The SMILES string of the molecule is Cc1c(O)c(O)c(Cl)c2c1C(c1ccccc1)CNCC2.Cl. The van der Waals surface area contributed by atoms with Crippen molar-refractivity contribution in [2.24, 2.45) is 0 Å². The molecule has 0 aromatic heterocycles. The summed E-state index contributed by atoms with van der Waals surface area (Å²) in [7, 11) is 0. The third-order valence-corrected chi connectivity index (χ3v) is 4.64. The van der Waals surface area contributed by atoms with Crippen LogP contribution in [0.3, 0.4) is 0 Å². The van der Waals surface area contributed by atoms with Crippen LogP contribution in [0.5, 0.6) is 11.5 Å². The Balaban J connectivity index is 0.00000176. The Morgan fingerprint density at radius 1 is 1.14 bits per heavy atom. The third kappa shape index (κ3) is 2.76. The fourth-order valence-electron chi connectivity index (χ4n) is 3.14. The summed E-state index contributed by atoms with van der Waals surface area (Å²) in [5.74, 6) is -0.198. The second kappa shape index (κ2) is 6.78. The quantitative estimate of drug-likeness (QED) is 0.693. The number of halogens is 2. The van der Waals surface area contributed by atoms with Gasteiger partial charge in [-0.2, -0.15) is 0 Å². The van der Waals surface area contributed by atoms with Gasteiger partial charge in [0.1, 0.15) is 0 Å². The van der Waals surface area contributed by atoms with Gasteiger partial charge in [-0.25, -0.2) is 0 Å². The fourth-order valence-corrected chi connectivity index (χ4v) is 3.43.